The average Bonchev–Trinajstić information content (AvgIpc) is 2.82. The largest absolute Gasteiger partial charge is 0.481 e. The van der Waals surface area contributed by atoms with Gasteiger partial charge in [0.2, 0.25) is 0 Å². The van der Waals surface area contributed by atoms with Gasteiger partial charge in [-0.1, -0.05) is 0 Å². The number of carboxylic acids is 2. The normalized spacial score (nSPS) is 16.5. The van der Waals surface area contributed by atoms with Crippen LogP contribution in [0.2, 0.25) is 0 Å². The Kier molecular flexibility index (Phi) is 28.4. The van der Waals surface area contributed by atoms with Gasteiger partial charge in [0.05, 0.1) is 82.7 Å². The van der Waals surface area contributed by atoms with E-state index in [-0.39, 0.29) is 31.0 Å². The second-order valence-corrected chi connectivity index (χ2v) is 8.57. The van der Waals surface area contributed by atoms with Gasteiger partial charge >= 0.3 is 11.9 Å². The van der Waals surface area contributed by atoms with Crippen LogP contribution in [-0.2, 0) is 33.3 Å². The van der Waals surface area contributed by atoms with Gasteiger partial charge < -0.3 is 54.3 Å². The molecule has 37 heavy (non-hydrogen) atoms. The smallest absolute Gasteiger partial charge is 0.333 e. The Labute approximate surface area is 220 Å². The quantitative estimate of drug-likeness (QED) is 0.129. The van der Waals surface area contributed by atoms with Gasteiger partial charge in [-0.2, -0.15) is 0 Å². The van der Waals surface area contributed by atoms with Crippen LogP contribution in [0.15, 0.2) is 0 Å². The summed E-state index contributed by atoms with van der Waals surface area (Å²) in [6, 6.07) is 0. The van der Waals surface area contributed by atoms with Crippen LogP contribution in [0.1, 0.15) is 54.9 Å². The molecule has 0 aromatic carbocycles. The van der Waals surface area contributed by atoms with E-state index in [2.05, 4.69) is 0 Å². The zero-order valence-electron chi connectivity index (χ0n) is 23.2. The summed E-state index contributed by atoms with van der Waals surface area (Å²) < 4.78 is 26.5. The molecule has 7 unspecified atom stereocenters. The first-order chi connectivity index (χ1) is 17.2. The summed E-state index contributed by atoms with van der Waals surface area (Å²) in [6.45, 7) is 15.9. The number of rotatable bonds is 19. The van der Waals surface area contributed by atoms with Gasteiger partial charge in [-0.25, -0.2) is 4.79 Å². The zero-order valence-corrected chi connectivity index (χ0v) is 23.2. The molecule has 0 saturated heterocycles. The lowest BCUT2D eigenvalue weighted by atomic mass is 10.3. The third-order valence-electron chi connectivity index (χ3n) is 3.94. The number of hydrogen-bond donors (Lipinski definition) is 6. The van der Waals surface area contributed by atoms with E-state index in [4.69, 9.17) is 54.3 Å². The highest BCUT2D eigenvalue weighted by atomic mass is 16.6. The van der Waals surface area contributed by atoms with E-state index in [1.165, 1.54) is 0 Å². The number of aliphatic hydroxyl groups excluding tert-OH is 4. The molecule has 0 bridgehead atoms. The number of aliphatic carboxylic acids is 2. The highest BCUT2D eigenvalue weighted by Gasteiger charge is 2.16. The van der Waals surface area contributed by atoms with Crippen molar-refractivity contribution >= 4 is 11.9 Å². The topological polar surface area (TPSA) is 202 Å². The molecule has 13 heteroatoms. The molecule has 6 N–H and O–H groups in total. The lowest BCUT2D eigenvalue weighted by molar-refractivity contribution is -0.152. The van der Waals surface area contributed by atoms with Gasteiger partial charge in [0.1, 0.15) is 0 Å². The maximum absolute atomic E-state index is 9.72. The van der Waals surface area contributed by atoms with Gasteiger partial charge in [0.15, 0.2) is 6.10 Å². The van der Waals surface area contributed by atoms with Crippen molar-refractivity contribution in [2.24, 2.45) is 0 Å². The molecule has 0 heterocycles. The fourth-order valence-electron chi connectivity index (χ4n) is 1.94. The Balaban J connectivity index is -0.000000484. The van der Waals surface area contributed by atoms with Crippen LogP contribution in [0, 0.1) is 0 Å². The van der Waals surface area contributed by atoms with E-state index in [0.717, 1.165) is 0 Å². The van der Waals surface area contributed by atoms with Crippen molar-refractivity contribution in [2.75, 3.05) is 46.2 Å². The monoisotopic (exact) mass is 546 g/mol. The van der Waals surface area contributed by atoms with Crippen LogP contribution >= 0.6 is 0 Å². The van der Waals surface area contributed by atoms with E-state index < -0.39 is 36.7 Å². The fraction of sp³-hybridized carbons (Fsp3) is 0.917. The number of aliphatic hydroxyl groups is 4. The zero-order chi connectivity index (χ0) is 29.4. The number of carbonyl (C=O) groups is 2. The van der Waals surface area contributed by atoms with Gasteiger partial charge in [-0.05, 0) is 48.5 Å². The van der Waals surface area contributed by atoms with Crippen molar-refractivity contribution in [1.82, 2.24) is 0 Å². The minimum Gasteiger partial charge on any atom is -0.481 e. The Morgan fingerprint density at radius 1 is 0.649 bits per heavy atom. The third kappa shape index (κ3) is 34.6. The number of carboxylic acid groups (broad SMARTS) is 2. The van der Waals surface area contributed by atoms with Crippen molar-refractivity contribution < 1.29 is 63.9 Å². The van der Waals surface area contributed by atoms with E-state index in [1.807, 2.05) is 27.7 Å². The summed E-state index contributed by atoms with van der Waals surface area (Å²) >= 11 is 0. The van der Waals surface area contributed by atoms with E-state index in [1.54, 1.807) is 20.8 Å². The van der Waals surface area contributed by atoms with E-state index in [0.29, 0.717) is 39.6 Å². The molecule has 0 saturated carbocycles. The van der Waals surface area contributed by atoms with Crippen molar-refractivity contribution in [3.8, 4) is 0 Å². The predicted octanol–water partition coefficient (Wildman–Crippen LogP) is 0.290. The summed E-state index contributed by atoms with van der Waals surface area (Å²) in [5.41, 5.74) is 0. The molecular weight excluding hydrogens is 496 g/mol. The van der Waals surface area contributed by atoms with Crippen LogP contribution < -0.4 is 0 Å². The highest BCUT2D eigenvalue weighted by molar-refractivity contribution is 5.79. The molecular formula is C24H50O13. The van der Waals surface area contributed by atoms with E-state index >= 15 is 0 Å². The molecule has 224 valence electrons. The predicted molar refractivity (Wildman–Crippen MR) is 134 cm³/mol. The lowest BCUT2D eigenvalue weighted by Gasteiger charge is -2.18. The number of hydrogen-bond acceptors (Lipinski definition) is 11. The van der Waals surface area contributed by atoms with Gasteiger partial charge in [-0.15, -0.1) is 0 Å². The first kappa shape index (κ1) is 40.1. The maximum atomic E-state index is 9.72. The Bertz CT molecular complexity index is 531. The number of ether oxygens (including phenoxy) is 5. The summed E-state index contributed by atoms with van der Waals surface area (Å²) in [6.07, 6.45) is -3.53. The van der Waals surface area contributed by atoms with Gasteiger partial charge in [0.25, 0.3) is 0 Å². The summed E-state index contributed by atoms with van der Waals surface area (Å²) in [7, 11) is 0. The standard InChI is InChI=1S/C11H24O4.C9H20O4.C4H6O5/c1-5-13-7-10(3)15-8-11(4)14-6-9(2)12;1-7(11)5-12-9(3)6-13-8(2)4-10;5-2(4(8)9)1-3(6)7/h9-12H,5-8H2,1-4H3;7-11H,4-6H2,1-3H3;2,5H,1H2,(H,6,7)(H,8,9). The molecule has 0 rings (SSSR count). The first-order valence-electron chi connectivity index (χ1n) is 12.3. The summed E-state index contributed by atoms with van der Waals surface area (Å²) in [5, 5.41) is 50.7. The molecule has 0 aliphatic carbocycles. The Morgan fingerprint density at radius 2 is 1.03 bits per heavy atom. The van der Waals surface area contributed by atoms with Gasteiger partial charge in [0, 0.05) is 6.61 Å². The molecule has 0 aromatic heterocycles. The molecule has 0 spiro atoms. The summed E-state index contributed by atoms with van der Waals surface area (Å²) in [4.78, 5) is 19.4. The fourth-order valence-corrected chi connectivity index (χ4v) is 1.94. The van der Waals surface area contributed by atoms with Crippen LogP contribution in [0.25, 0.3) is 0 Å². The van der Waals surface area contributed by atoms with Crippen molar-refractivity contribution in [1.29, 1.82) is 0 Å². The van der Waals surface area contributed by atoms with Crippen molar-refractivity contribution in [3.05, 3.63) is 0 Å². The Morgan fingerprint density at radius 3 is 1.32 bits per heavy atom. The van der Waals surface area contributed by atoms with Gasteiger partial charge in [-0.3, -0.25) is 4.79 Å². The van der Waals surface area contributed by atoms with Crippen molar-refractivity contribution in [2.45, 2.75) is 97.6 Å². The molecule has 0 aliphatic rings. The molecule has 0 aliphatic heterocycles. The minimum absolute atomic E-state index is 0.00340. The van der Waals surface area contributed by atoms with Crippen molar-refractivity contribution in [3.63, 3.8) is 0 Å². The third-order valence-corrected chi connectivity index (χ3v) is 3.94. The van der Waals surface area contributed by atoms with Crippen LogP contribution in [0.5, 0.6) is 0 Å². The second kappa shape index (κ2) is 26.2. The van der Waals surface area contributed by atoms with Crippen LogP contribution in [-0.4, -0.2) is 132 Å². The van der Waals surface area contributed by atoms with Crippen LogP contribution in [0.4, 0.5) is 0 Å². The molecule has 7 atom stereocenters. The molecule has 0 amide bonds. The van der Waals surface area contributed by atoms with E-state index in [9.17, 15) is 9.59 Å². The molecule has 0 radical (unpaired) electrons. The first-order valence-corrected chi connectivity index (χ1v) is 12.3. The Hall–Kier alpha value is -1.42. The minimum atomic E-state index is -1.79. The average molecular weight is 547 g/mol. The summed E-state index contributed by atoms with van der Waals surface area (Å²) in [5.74, 6) is -2.85. The molecule has 13 nitrogen and oxygen atoms in total. The molecule has 0 fully saturated rings. The SMILES string of the molecule is CC(O)COC(C)COC(C)CO.CCOCC(C)OCC(C)OCC(C)O.O=C(O)CC(O)C(=O)O. The molecule has 0 aromatic rings. The van der Waals surface area contributed by atoms with Crippen LogP contribution in [0.3, 0.4) is 0 Å². The highest BCUT2D eigenvalue weighted by Crippen LogP contribution is 1.99. The maximum Gasteiger partial charge on any atom is 0.333 e. The second-order valence-electron chi connectivity index (χ2n) is 8.57. The lowest BCUT2D eigenvalue weighted by Crippen LogP contribution is -2.25.